The van der Waals surface area contributed by atoms with Gasteiger partial charge in [0.15, 0.2) is 0 Å². The first-order valence-electron chi connectivity index (χ1n) is 6.20. The molecule has 1 aromatic heterocycles. The maximum absolute atomic E-state index is 11.5. The third-order valence-electron chi connectivity index (χ3n) is 2.65. The third-order valence-corrected chi connectivity index (χ3v) is 2.65. The van der Waals surface area contributed by atoms with Gasteiger partial charge in [-0.1, -0.05) is 13.8 Å². The van der Waals surface area contributed by atoms with Gasteiger partial charge in [-0.3, -0.25) is 4.79 Å². The lowest BCUT2D eigenvalue weighted by Gasteiger charge is -2.08. The Balaban J connectivity index is 2.11. The highest BCUT2D eigenvalue weighted by Gasteiger charge is 2.02. The Hall–Kier alpha value is -1.29. The fourth-order valence-corrected chi connectivity index (χ4v) is 1.60. The molecule has 0 atom stereocenters. The first-order valence-corrected chi connectivity index (χ1v) is 6.20. The van der Waals surface area contributed by atoms with Crippen molar-refractivity contribution < 1.29 is 4.79 Å². The normalized spacial score (nSPS) is 10.8. The van der Waals surface area contributed by atoms with Gasteiger partial charge >= 0.3 is 0 Å². The molecule has 0 spiro atoms. The van der Waals surface area contributed by atoms with E-state index in [-0.39, 0.29) is 5.91 Å². The number of hydrogen-bond donors (Lipinski definition) is 2. The molecule has 0 saturated heterocycles. The van der Waals surface area contributed by atoms with Crippen molar-refractivity contribution in [3.05, 3.63) is 24.0 Å². The number of carbonyl (C=O) groups is 1. The van der Waals surface area contributed by atoms with Gasteiger partial charge in [0.1, 0.15) is 0 Å². The number of aryl methyl sites for hydroxylation is 1. The zero-order chi connectivity index (χ0) is 12.7. The van der Waals surface area contributed by atoms with E-state index in [4.69, 9.17) is 0 Å². The van der Waals surface area contributed by atoms with Crippen LogP contribution in [0.3, 0.4) is 0 Å². The number of carbonyl (C=O) groups excluding carboxylic acids is 1. The number of rotatable bonds is 7. The van der Waals surface area contributed by atoms with Gasteiger partial charge in [0.2, 0.25) is 5.91 Å². The van der Waals surface area contributed by atoms with Crippen LogP contribution in [0.25, 0.3) is 0 Å². The predicted molar refractivity (Wildman–Crippen MR) is 69.6 cm³/mol. The Bertz CT molecular complexity index is 344. The fourth-order valence-electron chi connectivity index (χ4n) is 1.60. The van der Waals surface area contributed by atoms with Crippen molar-refractivity contribution in [1.29, 1.82) is 0 Å². The summed E-state index contributed by atoms with van der Waals surface area (Å²) in [7, 11) is 1.98. The molecular weight excluding hydrogens is 214 g/mol. The standard InChI is InChI=1S/C13H23N3O/c1-11(2)14-8-4-7-13(17)15-10-12-6-5-9-16(12)3/h5-6,9,11,14H,4,7-8,10H2,1-3H3,(H,15,17). The van der Waals surface area contributed by atoms with Crippen LogP contribution in [0.2, 0.25) is 0 Å². The van der Waals surface area contributed by atoms with Gasteiger partial charge in [-0.2, -0.15) is 0 Å². The molecule has 1 aromatic rings. The molecule has 1 amide bonds. The van der Waals surface area contributed by atoms with Crippen LogP contribution in [0.15, 0.2) is 18.3 Å². The highest BCUT2D eigenvalue weighted by Crippen LogP contribution is 1.99. The molecule has 0 unspecified atom stereocenters. The molecule has 0 aliphatic heterocycles. The summed E-state index contributed by atoms with van der Waals surface area (Å²) in [5.41, 5.74) is 1.12. The van der Waals surface area contributed by atoms with Gasteiger partial charge in [-0.05, 0) is 25.1 Å². The highest BCUT2D eigenvalue weighted by molar-refractivity contribution is 5.75. The second-order valence-corrected chi connectivity index (χ2v) is 4.60. The van der Waals surface area contributed by atoms with E-state index >= 15 is 0 Å². The minimum absolute atomic E-state index is 0.122. The van der Waals surface area contributed by atoms with Crippen LogP contribution in [0.1, 0.15) is 32.4 Å². The Morgan fingerprint density at radius 2 is 2.24 bits per heavy atom. The number of hydrogen-bond acceptors (Lipinski definition) is 2. The van der Waals surface area contributed by atoms with Crippen molar-refractivity contribution in [3.63, 3.8) is 0 Å². The highest BCUT2D eigenvalue weighted by atomic mass is 16.1. The van der Waals surface area contributed by atoms with Gasteiger partial charge in [-0.15, -0.1) is 0 Å². The average molecular weight is 237 g/mol. The first kappa shape index (κ1) is 13.8. The first-order chi connectivity index (χ1) is 8.09. The lowest BCUT2D eigenvalue weighted by molar-refractivity contribution is -0.121. The summed E-state index contributed by atoms with van der Waals surface area (Å²) in [6.45, 7) is 5.72. The second-order valence-electron chi connectivity index (χ2n) is 4.60. The Kier molecular flexibility index (Phi) is 5.77. The van der Waals surface area contributed by atoms with E-state index in [1.165, 1.54) is 0 Å². The lowest BCUT2D eigenvalue weighted by atomic mass is 10.2. The summed E-state index contributed by atoms with van der Waals surface area (Å²) in [6, 6.07) is 4.48. The predicted octanol–water partition coefficient (Wildman–Crippen LogP) is 1.42. The van der Waals surface area contributed by atoms with Crippen LogP contribution in [0.5, 0.6) is 0 Å². The van der Waals surface area contributed by atoms with Gasteiger partial charge in [-0.25, -0.2) is 0 Å². The topological polar surface area (TPSA) is 46.1 Å². The monoisotopic (exact) mass is 237 g/mol. The Labute approximate surface area is 103 Å². The van der Waals surface area contributed by atoms with E-state index in [0.717, 1.165) is 18.7 Å². The molecule has 4 heteroatoms. The molecular formula is C13H23N3O. The lowest BCUT2D eigenvalue weighted by Crippen LogP contribution is -2.27. The van der Waals surface area contributed by atoms with Crippen molar-refractivity contribution in [2.24, 2.45) is 7.05 Å². The zero-order valence-electron chi connectivity index (χ0n) is 11.0. The summed E-state index contributed by atoms with van der Waals surface area (Å²) < 4.78 is 2.01. The third kappa shape index (κ3) is 5.54. The van der Waals surface area contributed by atoms with Crippen LogP contribution in [0, 0.1) is 0 Å². The maximum atomic E-state index is 11.5. The summed E-state index contributed by atoms with van der Waals surface area (Å²) in [4.78, 5) is 11.5. The molecule has 0 fully saturated rings. The van der Waals surface area contributed by atoms with E-state index in [2.05, 4.69) is 24.5 Å². The Morgan fingerprint density at radius 1 is 1.47 bits per heavy atom. The molecule has 1 rings (SSSR count). The van der Waals surface area contributed by atoms with Crippen LogP contribution >= 0.6 is 0 Å². The average Bonchev–Trinajstić information content (AvgIpc) is 2.67. The molecule has 0 aromatic carbocycles. The minimum Gasteiger partial charge on any atom is -0.353 e. The van der Waals surface area contributed by atoms with E-state index in [9.17, 15) is 4.79 Å². The summed E-state index contributed by atoms with van der Waals surface area (Å²) in [6.07, 6.45) is 3.45. The Morgan fingerprint density at radius 3 is 2.82 bits per heavy atom. The summed E-state index contributed by atoms with van der Waals surface area (Å²) in [5, 5.41) is 6.22. The fraction of sp³-hybridized carbons (Fsp3) is 0.615. The van der Waals surface area contributed by atoms with E-state index in [1.54, 1.807) is 0 Å². The van der Waals surface area contributed by atoms with Crippen molar-refractivity contribution in [3.8, 4) is 0 Å². The quantitative estimate of drug-likeness (QED) is 0.705. The molecule has 0 bridgehead atoms. The molecule has 0 aliphatic carbocycles. The van der Waals surface area contributed by atoms with Gasteiger partial charge in [0.05, 0.1) is 6.54 Å². The molecule has 2 N–H and O–H groups in total. The van der Waals surface area contributed by atoms with E-state index in [0.29, 0.717) is 19.0 Å². The van der Waals surface area contributed by atoms with Crippen molar-refractivity contribution in [1.82, 2.24) is 15.2 Å². The van der Waals surface area contributed by atoms with Crippen LogP contribution in [-0.4, -0.2) is 23.1 Å². The molecule has 96 valence electrons. The minimum atomic E-state index is 0.122. The molecule has 0 radical (unpaired) electrons. The molecule has 17 heavy (non-hydrogen) atoms. The second kappa shape index (κ2) is 7.12. The molecule has 1 heterocycles. The summed E-state index contributed by atoms with van der Waals surface area (Å²) in [5.74, 6) is 0.122. The zero-order valence-corrected chi connectivity index (χ0v) is 11.0. The molecule has 0 saturated carbocycles. The smallest absolute Gasteiger partial charge is 0.220 e. The number of amides is 1. The maximum Gasteiger partial charge on any atom is 0.220 e. The molecule has 4 nitrogen and oxygen atoms in total. The van der Waals surface area contributed by atoms with Crippen molar-refractivity contribution in [2.75, 3.05) is 6.54 Å². The van der Waals surface area contributed by atoms with Gasteiger partial charge < -0.3 is 15.2 Å². The van der Waals surface area contributed by atoms with E-state index in [1.807, 2.05) is 29.9 Å². The number of aromatic nitrogens is 1. The van der Waals surface area contributed by atoms with Gasteiger partial charge in [0.25, 0.3) is 0 Å². The van der Waals surface area contributed by atoms with Crippen LogP contribution in [-0.2, 0) is 18.4 Å². The SMILES string of the molecule is CC(C)NCCCC(=O)NCc1cccn1C. The number of nitrogens with zero attached hydrogens (tertiary/aromatic N) is 1. The molecule has 0 aliphatic rings. The largest absolute Gasteiger partial charge is 0.353 e. The number of nitrogens with one attached hydrogen (secondary N) is 2. The summed E-state index contributed by atoms with van der Waals surface area (Å²) >= 11 is 0. The van der Waals surface area contributed by atoms with Crippen LogP contribution in [0.4, 0.5) is 0 Å². The van der Waals surface area contributed by atoms with Crippen molar-refractivity contribution >= 4 is 5.91 Å². The van der Waals surface area contributed by atoms with E-state index < -0.39 is 0 Å². The van der Waals surface area contributed by atoms with Crippen LogP contribution < -0.4 is 10.6 Å². The van der Waals surface area contributed by atoms with Gasteiger partial charge in [0, 0.05) is 31.4 Å². The van der Waals surface area contributed by atoms with Crippen molar-refractivity contribution in [2.45, 2.75) is 39.3 Å².